The lowest BCUT2D eigenvalue weighted by Gasteiger charge is -2.30. The number of anilines is 1. The first kappa shape index (κ1) is 19.4. The van der Waals surface area contributed by atoms with Gasteiger partial charge < -0.3 is 5.32 Å². The van der Waals surface area contributed by atoms with Crippen LogP contribution in [0.5, 0.6) is 0 Å². The van der Waals surface area contributed by atoms with E-state index in [0.717, 1.165) is 17.0 Å². The van der Waals surface area contributed by atoms with Gasteiger partial charge in [0.2, 0.25) is 15.9 Å². The number of sulfonamides is 1. The standard InChI is InChI=1S/C16H25FN2O3S/c1-5-15(16(20)18-11-10-12(2)3)19(23(4,21)22)14-8-6-13(17)7-9-14/h6-9,12,15H,5,10-11H2,1-4H3,(H,18,20). The average molecular weight is 344 g/mol. The van der Waals surface area contributed by atoms with E-state index < -0.39 is 21.9 Å². The minimum Gasteiger partial charge on any atom is -0.354 e. The summed E-state index contributed by atoms with van der Waals surface area (Å²) in [6.07, 6.45) is 2.18. The van der Waals surface area contributed by atoms with Gasteiger partial charge in [0, 0.05) is 6.54 Å². The van der Waals surface area contributed by atoms with E-state index in [9.17, 15) is 17.6 Å². The molecule has 0 heterocycles. The number of hydrogen-bond acceptors (Lipinski definition) is 3. The molecule has 1 aromatic rings. The molecule has 0 bridgehead atoms. The zero-order valence-corrected chi connectivity index (χ0v) is 14.9. The summed E-state index contributed by atoms with van der Waals surface area (Å²) >= 11 is 0. The van der Waals surface area contributed by atoms with Crippen molar-refractivity contribution in [2.24, 2.45) is 5.92 Å². The Morgan fingerprint density at radius 3 is 2.26 bits per heavy atom. The van der Waals surface area contributed by atoms with Gasteiger partial charge in [0.25, 0.3) is 0 Å². The van der Waals surface area contributed by atoms with Gasteiger partial charge in [-0.15, -0.1) is 0 Å². The molecule has 0 saturated heterocycles. The fourth-order valence-electron chi connectivity index (χ4n) is 2.25. The van der Waals surface area contributed by atoms with Gasteiger partial charge in [0.15, 0.2) is 0 Å². The van der Waals surface area contributed by atoms with Crippen molar-refractivity contribution in [2.75, 3.05) is 17.1 Å². The van der Waals surface area contributed by atoms with E-state index in [2.05, 4.69) is 5.32 Å². The van der Waals surface area contributed by atoms with E-state index in [-0.39, 0.29) is 11.6 Å². The Balaban J connectivity index is 3.03. The normalized spacial score (nSPS) is 13.0. The summed E-state index contributed by atoms with van der Waals surface area (Å²) in [5, 5.41) is 2.78. The van der Waals surface area contributed by atoms with E-state index in [1.54, 1.807) is 6.92 Å². The van der Waals surface area contributed by atoms with Gasteiger partial charge in [0.1, 0.15) is 11.9 Å². The maximum absolute atomic E-state index is 13.1. The van der Waals surface area contributed by atoms with E-state index in [1.165, 1.54) is 24.3 Å². The van der Waals surface area contributed by atoms with Crippen molar-refractivity contribution in [1.29, 1.82) is 0 Å². The molecule has 23 heavy (non-hydrogen) atoms. The molecular weight excluding hydrogens is 319 g/mol. The third kappa shape index (κ3) is 5.82. The van der Waals surface area contributed by atoms with Crippen molar-refractivity contribution in [1.82, 2.24) is 5.32 Å². The lowest BCUT2D eigenvalue weighted by molar-refractivity contribution is -0.122. The highest BCUT2D eigenvalue weighted by Gasteiger charge is 2.31. The number of carbonyl (C=O) groups is 1. The summed E-state index contributed by atoms with van der Waals surface area (Å²) in [4.78, 5) is 12.4. The molecule has 130 valence electrons. The van der Waals surface area contributed by atoms with E-state index in [1.807, 2.05) is 13.8 Å². The number of nitrogens with one attached hydrogen (secondary N) is 1. The molecule has 0 aliphatic carbocycles. The predicted octanol–water partition coefficient (Wildman–Crippen LogP) is 2.53. The quantitative estimate of drug-likeness (QED) is 0.788. The Kier molecular flexibility index (Phi) is 7.00. The van der Waals surface area contributed by atoms with Crippen molar-refractivity contribution >= 4 is 21.6 Å². The second-order valence-electron chi connectivity index (χ2n) is 5.93. The number of rotatable bonds is 8. The molecule has 0 radical (unpaired) electrons. The zero-order chi connectivity index (χ0) is 17.6. The molecule has 5 nitrogen and oxygen atoms in total. The first-order valence-corrected chi connectivity index (χ1v) is 9.54. The first-order valence-electron chi connectivity index (χ1n) is 7.69. The van der Waals surface area contributed by atoms with Gasteiger partial charge in [-0.3, -0.25) is 9.10 Å². The van der Waals surface area contributed by atoms with Gasteiger partial charge in [-0.05, 0) is 43.0 Å². The fourth-order valence-corrected chi connectivity index (χ4v) is 3.46. The first-order chi connectivity index (χ1) is 10.7. The molecule has 1 atom stereocenters. The summed E-state index contributed by atoms with van der Waals surface area (Å²) in [6, 6.07) is 4.22. The molecule has 1 N–H and O–H groups in total. The second kappa shape index (κ2) is 8.29. The van der Waals surface area contributed by atoms with Crippen molar-refractivity contribution in [3.05, 3.63) is 30.1 Å². The van der Waals surface area contributed by atoms with Crippen LogP contribution >= 0.6 is 0 Å². The lowest BCUT2D eigenvalue weighted by Crippen LogP contribution is -2.49. The van der Waals surface area contributed by atoms with Crippen molar-refractivity contribution in [2.45, 2.75) is 39.7 Å². The molecule has 0 fully saturated rings. The third-order valence-corrected chi connectivity index (χ3v) is 4.61. The lowest BCUT2D eigenvalue weighted by atomic mass is 10.1. The van der Waals surface area contributed by atoms with Gasteiger partial charge in [0.05, 0.1) is 11.9 Å². The van der Waals surface area contributed by atoms with Gasteiger partial charge >= 0.3 is 0 Å². The van der Waals surface area contributed by atoms with Crippen LogP contribution < -0.4 is 9.62 Å². The summed E-state index contributed by atoms with van der Waals surface area (Å²) in [5.41, 5.74) is 0.278. The SMILES string of the molecule is CCC(C(=O)NCCC(C)C)N(c1ccc(F)cc1)S(C)(=O)=O. The van der Waals surface area contributed by atoms with Crippen LogP contribution in [0.1, 0.15) is 33.6 Å². The van der Waals surface area contributed by atoms with Crippen LogP contribution in [0.4, 0.5) is 10.1 Å². The number of amides is 1. The van der Waals surface area contributed by atoms with Gasteiger partial charge in [-0.2, -0.15) is 0 Å². The summed E-state index contributed by atoms with van der Waals surface area (Å²) in [5.74, 6) is -0.363. The molecule has 0 aliphatic rings. The van der Waals surface area contributed by atoms with E-state index in [4.69, 9.17) is 0 Å². The van der Waals surface area contributed by atoms with Gasteiger partial charge in [-0.25, -0.2) is 12.8 Å². The van der Waals surface area contributed by atoms with Gasteiger partial charge in [-0.1, -0.05) is 20.8 Å². The van der Waals surface area contributed by atoms with Crippen LogP contribution in [0.15, 0.2) is 24.3 Å². The fraction of sp³-hybridized carbons (Fsp3) is 0.562. The number of hydrogen-bond donors (Lipinski definition) is 1. The average Bonchev–Trinajstić information content (AvgIpc) is 2.44. The Labute approximate surface area is 137 Å². The Hall–Kier alpha value is -1.63. The molecule has 1 aromatic carbocycles. The summed E-state index contributed by atoms with van der Waals surface area (Å²) in [7, 11) is -3.68. The maximum atomic E-state index is 13.1. The Morgan fingerprint density at radius 1 is 1.26 bits per heavy atom. The molecule has 0 spiro atoms. The van der Waals surface area contributed by atoms with Crippen molar-refractivity contribution in [3.63, 3.8) is 0 Å². The smallest absolute Gasteiger partial charge is 0.243 e. The van der Waals surface area contributed by atoms with Crippen LogP contribution in [0.3, 0.4) is 0 Å². The molecule has 1 rings (SSSR count). The highest BCUT2D eigenvalue weighted by molar-refractivity contribution is 7.92. The molecular formula is C16H25FN2O3S. The largest absolute Gasteiger partial charge is 0.354 e. The Bertz CT molecular complexity index is 615. The van der Waals surface area contributed by atoms with Crippen LogP contribution in [0.2, 0.25) is 0 Å². The molecule has 1 unspecified atom stereocenters. The molecule has 7 heteroatoms. The maximum Gasteiger partial charge on any atom is 0.243 e. The molecule has 1 amide bonds. The summed E-state index contributed by atoms with van der Waals surface area (Å²) < 4.78 is 38.4. The van der Waals surface area contributed by atoms with Crippen LogP contribution in [0.25, 0.3) is 0 Å². The molecule has 0 aliphatic heterocycles. The second-order valence-corrected chi connectivity index (χ2v) is 7.79. The minimum absolute atomic E-state index is 0.278. The van der Waals surface area contributed by atoms with Crippen LogP contribution in [-0.4, -0.2) is 33.2 Å². The predicted molar refractivity (Wildman–Crippen MR) is 90.3 cm³/mol. The minimum atomic E-state index is -3.68. The Morgan fingerprint density at radius 2 is 1.83 bits per heavy atom. The van der Waals surface area contributed by atoms with Crippen LogP contribution in [0, 0.1) is 11.7 Å². The topological polar surface area (TPSA) is 66.5 Å². The number of halogens is 1. The van der Waals surface area contributed by atoms with Crippen LogP contribution in [-0.2, 0) is 14.8 Å². The van der Waals surface area contributed by atoms with Crippen molar-refractivity contribution in [3.8, 4) is 0 Å². The highest BCUT2D eigenvalue weighted by Crippen LogP contribution is 2.22. The van der Waals surface area contributed by atoms with E-state index in [0.29, 0.717) is 18.9 Å². The zero-order valence-electron chi connectivity index (χ0n) is 14.0. The molecule has 0 saturated carbocycles. The monoisotopic (exact) mass is 344 g/mol. The summed E-state index contributed by atoms with van der Waals surface area (Å²) in [6.45, 7) is 6.33. The van der Waals surface area contributed by atoms with Crippen molar-refractivity contribution < 1.29 is 17.6 Å². The number of carbonyl (C=O) groups excluding carboxylic acids is 1. The number of nitrogens with zero attached hydrogens (tertiary/aromatic N) is 1. The molecule has 0 aromatic heterocycles. The third-order valence-electron chi connectivity index (χ3n) is 3.43. The van der Waals surface area contributed by atoms with E-state index >= 15 is 0 Å². The number of benzene rings is 1. The highest BCUT2D eigenvalue weighted by atomic mass is 32.2.